The van der Waals surface area contributed by atoms with Gasteiger partial charge in [-0.25, -0.2) is 0 Å². The van der Waals surface area contributed by atoms with Crippen LogP contribution in [-0.2, 0) is 6.54 Å². The van der Waals surface area contributed by atoms with Gasteiger partial charge in [0, 0.05) is 25.3 Å². The molecule has 148 valence electrons. The van der Waals surface area contributed by atoms with E-state index in [2.05, 4.69) is 67.5 Å². The quantitative estimate of drug-likeness (QED) is 0.763. The van der Waals surface area contributed by atoms with Crippen LogP contribution >= 0.6 is 0 Å². The van der Waals surface area contributed by atoms with Gasteiger partial charge in [-0.05, 0) is 42.0 Å². The highest BCUT2D eigenvalue weighted by molar-refractivity contribution is 5.55. The summed E-state index contributed by atoms with van der Waals surface area (Å²) in [6.45, 7) is 7.41. The predicted molar refractivity (Wildman–Crippen MR) is 112 cm³/mol. The molecule has 2 N–H and O–H groups in total. The monoisotopic (exact) mass is 381 g/mol. The van der Waals surface area contributed by atoms with E-state index in [-0.39, 0.29) is 0 Å². The fourth-order valence-corrected chi connectivity index (χ4v) is 3.92. The van der Waals surface area contributed by atoms with Crippen LogP contribution in [0.2, 0.25) is 0 Å². The van der Waals surface area contributed by atoms with Crippen LogP contribution < -0.4 is 24.2 Å². The SMILES string of the molecule is CN(C)c1ccc(/C=C/C[NH+]2CC[NH+](Cc3ccc4c(c3)OCO4)CC2)cc1. The molecule has 2 heterocycles. The summed E-state index contributed by atoms with van der Waals surface area (Å²) in [7, 11) is 4.14. The number of piperazine rings is 1. The fourth-order valence-electron chi connectivity index (χ4n) is 3.92. The van der Waals surface area contributed by atoms with E-state index in [4.69, 9.17) is 9.47 Å². The Bertz CT molecular complexity index is 809. The van der Waals surface area contributed by atoms with Crippen molar-refractivity contribution in [2.45, 2.75) is 6.54 Å². The molecule has 28 heavy (non-hydrogen) atoms. The largest absolute Gasteiger partial charge is 0.454 e. The van der Waals surface area contributed by atoms with E-state index >= 15 is 0 Å². The molecule has 2 aromatic rings. The standard InChI is InChI=1S/C23H29N3O2/c1-24(2)21-8-5-19(6-9-21)4-3-11-25-12-14-26(15-13-25)17-20-7-10-22-23(16-20)28-18-27-22/h3-10,16H,11-15,17-18H2,1-2H3/p+2/b4-3+. The highest BCUT2D eigenvalue weighted by Crippen LogP contribution is 2.32. The van der Waals surface area contributed by atoms with E-state index in [9.17, 15) is 0 Å². The lowest BCUT2D eigenvalue weighted by Crippen LogP contribution is -3.27. The Balaban J connectivity index is 1.22. The number of hydrogen-bond donors (Lipinski definition) is 2. The second-order valence-corrected chi connectivity index (χ2v) is 7.96. The number of fused-ring (bicyclic) bond motifs is 1. The van der Waals surface area contributed by atoms with Crippen molar-refractivity contribution in [3.05, 3.63) is 59.7 Å². The lowest BCUT2D eigenvalue weighted by Gasteiger charge is -2.29. The molecule has 0 aliphatic carbocycles. The van der Waals surface area contributed by atoms with Crippen LogP contribution in [0, 0.1) is 0 Å². The van der Waals surface area contributed by atoms with Gasteiger partial charge in [0.2, 0.25) is 6.79 Å². The maximum absolute atomic E-state index is 5.50. The number of hydrogen-bond acceptors (Lipinski definition) is 3. The van der Waals surface area contributed by atoms with Gasteiger partial charge < -0.3 is 24.2 Å². The molecule has 0 spiro atoms. The van der Waals surface area contributed by atoms with Crippen molar-refractivity contribution in [1.29, 1.82) is 0 Å². The van der Waals surface area contributed by atoms with Gasteiger partial charge in [-0.2, -0.15) is 0 Å². The Hall–Kier alpha value is -2.50. The zero-order valence-electron chi connectivity index (χ0n) is 16.9. The van der Waals surface area contributed by atoms with E-state index in [1.165, 1.54) is 43.0 Å². The Morgan fingerprint density at radius 2 is 1.61 bits per heavy atom. The lowest BCUT2D eigenvalue weighted by molar-refractivity contribution is -1.02. The van der Waals surface area contributed by atoms with Crippen LogP contribution in [-0.4, -0.2) is 53.6 Å². The third-order valence-electron chi connectivity index (χ3n) is 5.68. The Morgan fingerprint density at radius 3 is 2.36 bits per heavy atom. The van der Waals surface area contributed by atoms with Crippen molar-refractivity contribution in [1.82, 2.24) is 0 Å². The molecule has 5 heteroatoms. The number of nitrogens with one attached hydrogen (secondary N) is 2. The molecular weight excluding hydrogens is 350 g/mol. The van der Waals surface area contributed by atoms with Gasteiger partial charge in [0.15, 0.2) is 11.5 Å². The first-order chi connectivity index (χ1) is 13.7. The number of anilines is 1. The summed E-state index contributed by atoms with van der Waals surface area (Å²) in [6.07, 6.45) is 4.57. The third kappa shape index (κ3) is 4.66. The van der Waals surface area contributed by atoms with Crippen molar-refractivity contribution in [2.24, 2.45) is 0 Å². The molecule has 1 fully saturated rings. The second kappa shape index (κ2) is 8.67. The molecule has 0 radical (unpaired) electrons. The average Bonchev–Trinajstić information content (AvgIpc) is 3.18. The summed E-state index contributed by atoms with van der Waals surface area (Å²) in [4.78, 5) is 5.46. The van der Waals surface area contributed by atoms with Gasteiger partial charge in [0.05, 0.1) is 6.54 Å². The zero-order valence-corrected chi connectivity index (χ0v) is 16.9. The normalized spacial score (nSPS) is 21.2. The second-order valence-electron chi connectivity index (χ2n) is 7.96. The highest BCUT2D eigenvalue weighted by atomic mass is 16.7. The molecule has 2 aliphatic rings. The number of rotatable bonds is 6. The summed E-state index contributed by atoms with van der Waals surface area (Å²) in [5.74, 6) is 1.76. The molecule has 0 aromatic heterocycles. The first kappa shape index (κ1) is 18.8. The van der Waals surface area contributed by atoms with Gasteiger partial charge in [-0.3, -0.25) is 0 Å². The molecule has 0 atom stereocenters. The third-order valence-corrected chi connectivity index (χ3v) is 5.68. The van der Waals surface area contributed by atoms with E-state index in [0.717, 1.165) is 24.6 Å². The summed E-state index contributed by atoms with van der Waals surface area (Å²) >= 11 is 0. The van der Waals surface area contributed by atoms with Crippen LogP contribution in [0.15, 0.2) is 48.5 Å². The smallest absolute Gasteiger partial charge is 0.231 e. The molecule has 0 unspecified atom stereocenters. The van der Waals surface area contributed by atoms with Crippen molar-refractivity contribution < 1.29 is 19.3 Å². The minimum Gasteiger partial charge on any atom is -0.454 e. The predicted octanol–water partition coefficient (Wildman–Crippen LogP) is 0.478. The number of ether oxygens (including phenoxy) is 2. The average molecular weight is 382 g/mol. The molecule has 0 bridgehead atoms. The Labute approximate surface area is 167 Å². The molecule has 4 rings (SSSR count). The molecule has 2 aromatic carbocycles. The fraction of sp³-hybridized carbons (Fsp3) is 0.391. The number of benzene rings is 2. The Morgan fingerprint density at radius 1 is 0.893 bits per heavy atom. The lowest BCUT2D eigenvalue weighted by atomic mass is 10.1. The summed E-state index contributed by atoms with van der Waals surface area (Å²) < 4.78 is 10.9. The molecule has 1 saturated heterocycles. The highest BCUT2D eigenvalue weighted by Gasteiger charge is 2.23. The van der Waals surface area contributed by atoms with Gasteiger partial charge in [0.1, 0.15) is 32.7 Å². The first-order valence-corrected chi connectivity index (χ1v) is 10.2. The van der Waals surface area contributed by atoms with Crippen LogP contribution in [0.25, 0.3) is 6.08 Å². The molecular formula is C23H31N3O2+2. The maximum atomic E-state index is 5.50. The van der Waals surface area contributed by atoms with Crippen LogP contribution in [0.4, 0.5) is 5.69 Å². The van der Waals surface area contributed by atoms with Gasteiger partial charge >= 0.3 is 0 Å². The summed E-state index contributed by atoms with van der Waals surface area (Å²) in [5, 5.41) is 0. The van der Waals surface area contributed by atoms with Crippen molar-refractivity contribution in [2.75, 3.05) is 58.5 Å². The maximum Gasteiger partial charge on any atom is 0.231 e. The minimum absolute atomic E-state index is 0.348. The van der Waals surface area contributed by atoms with E-state index in [1.54, 1.807) is 9.80 Å². The molecule has 5 nitrogen and oxygen atoms in total. The van der Waals surface area contributed by atoms with Crippen molar-refractivity contribution >= 4 is 11.8 Å². The van der Waals surface area contributed by atoms with Crippen molar-refractivity contribution in [3.8, 4) is 11.5 Å². The zero-order chi connectivity index (χ0) is 19.3. The van der Waals surface area contributed by atoms with Crippen molar-refractivity contribution in [3.63, 3.8) is 0 Å². The van der Waals surface area contributed by atoms with E-state index in [1.807, 2.05) is 6.07 Å². The number of quaternary nitrogens is 2. The summed E-state index contributed by atoms with van der Waals surface area (Å²) in [5.41, 5.74) is 3.85. The van der Waals surface area contributed by atoms with Crippen LogP contribution in [0.3, 0.4) is 0 Å². The Kier molecular flexibility index (Phi) is 5.84. The molecule has 0 saturated carbocycles. The topological polar surface area (TPSA) is 30.6 Å². The summed E-state index contributed by atoms with van der Waals surface area (Å²) in [6, 6.07) is 15.1. The van der Waals surface area contributed by atoms with Crippen LogP contribution in [0.1, 0.15) is 11.1 Å². The van der Waals surface area contributed by atoms with Crippen LogP contribution in [0.5, 0.6) is 11.5 Å². The van der Waals surface area contributed by atoms with Gasteiger partial charge in [-0.1, -0.05) is 18.2 Å². The van der Waals surface area contributed by atoms with Gasteiger partial charge in [-0.15, -0.1) is 0 Å². The molecule has 2 aliphatic heterocycles. The minimum atomic E-state index is 0.348. The molecule has 0 amide bonds. The number of nitrogens with zero attached hydrogens (tertiary/aromatic N) is 1. The van der Waals surface area contributed by atoms with E-state index < -0.39 is 0 Å². The first-order valence-electron chi connectivity index (χ1n) is 10.2. The van der Waals surface area contributed by atoms with Gasteiger partial charge in [0.25, 0.3) is 0 Å². The van der Waals surface area contributed by atoms with E-state index in [0.29, 0.717) is 6.79 Å².